The van der Waals surface area contributed by atoms with E-state index in [1.54, 1.807) is 42.5 Å². The molecule has 3 nitrogen and oxygen atoms in total. The zero-order chi connectivity index (χ0) is 16.4. The highest BCUT2D eigenvalue weighted by molar-refractivity contribution is 9.10. The van der Waals surface area contributed by atoms with Crippen LogP contribution in [0.5, 0.6) is 0 Å². The van der Waals surface area contributed by atoms with E-state index in [0.29, 0.717) is 27.1 Å². The first kappa shape index (κ1) is 16.1. The van der Waals surface area contributed by atoms with Crippen LogP contribution < -0.4 is 5.32 Å². The second kappa shape index (κ2) is 6.79. The van der Waals surface area contributed by atoms with Crippen LogP contribution in [0, 0.1) is 0 Å². The molecule has 0 aliphatic heterocycles. The second-order valence-electron chi connectivity index (χ2n) is 4.75. The van der Waals surface area contributed by atoms with Crippen molar-refractivity contribution in [2.45, 2.75) is 0 Å². The summed E-state index contributed by atoms with van der Waals surface area (Å²) in [7, 11) is 0. The molecule has 0 fully saturated rings. The summed E-state index contributed by atoms with van der Waals surface area (Å²) in [6.45, 7) is 0. The van der Waals surface area contributed by atoms with E-state index in [0.717, 1.165) is 4.47 Å². The van der Waals surface area contributed by atoms with Crippen molar-refractivity contribution in [2.24, 2.45) is 0 Å². The van der Waals surface area contributed by atoms with Crippen LogP contribution in [0.2, 0.25) is 10.0 Å². The topological polar surface area (TPSA) is 42.2 Å². The Morgan fingerprint density at radius 1 is 1.00 bits per heavy atom. The molecule has 1 aromatic heterocycles. The van der Waals surface area contributed by atoms with Crippen molar-refractivity contribution in [3.8, 4) is 11.3 Å². The number of rotatable bonds is 3. The first-order chi connectivity index (χ1) is 11.0. The average Bonchev–Trinajstić information content (AvgIpc) is 2.99. The van der Waals surface area contributed by atoms with Crippen molar-refractivity contribution in [3.63, 3.8) is 0 Å². The molecule has 23 heavy (non-hydrogen) atoms. The Labute approximate surface area is 151 Å². The lowest BCUT2D eigenvalue weighted by Crippen LogP contribution is -2.10. The number of hydrogen-bond donors (Lipinski definition) is 1. The van der Waals surface area contributed by atoms with Crippen molar-refractivity contribution in [1.82, 2.24) is 0 Å². The van der Waals surface area contributed by atoms with Gasteiger partial charge in [-0.15, -0.1) is 0 Å². The maximum Gasteiger partial charge on any atom is 0.291 e. The van der Waals surface area contributed by atoms with Gasteiger partial charge in [-0.25, -0.2) is 0 Å². The molecule has 0 radical (unpaired) electrons. The first-order valence-electron chi connectivity index (χ1n) is 6.65. The number of anilines is 1. The molecule has 0 spiro atoms. The van der Waals surface area contributed by atoms with Crippen LogP contribution in [0.25, 0.3) is 11.3 Å². The number of benzene rings is 2. The van der Waals surface area contributed by atoms with Crippen LogP contribution >= 0.6 is 39.1 Å². The highest BCUT2D eigenvalue weighted by atomic mass is 79.9. The van der Waals surface area contributed by atoms with Gasteiger partial charge < -0.3 is 9.73 Å². The molecule has 1 N–H and O–H groups in total. The van der Waals surface area contributed by atoms with Gasteiger partial charge in [-0.05, 0) is 54.6 Å². The number of amides is 1. The maximum atomic E-state index is 12.2. The fourth-order valence-electron chi connectivity index (χ4n) is 2.02. The third-order valence-electron chi connectivity index (χ3n) is 3.13. The molecule has 2 aromatic carbocycles. The molecule has 0 bridgehead atoms. The summed E-state index contributed by atoms with van der Waals surface area (Å²) in [5.41, 5.74) is 1.36. The maximum absolute atomic E-state index is 12.2. The van der Waals surface area contributed by atoms with Gasteiger partial charge in [0.1, 0.15) is 5.76 Å². The SMILES string of the molecule is O=C(Nc1ccc(Br)cc1)c1ccc(-c2ccc(Cl)cc2Cl)o1. The van der Waals surface area contributed by atoms with Gasteiger partial charge in [-0.1, -0.05) is 39.1 Å². The molecule has 0 aliphatic rings. The van der Waals surface area contributed by atoms with Gasteiger partial charge in [0.2, 0.25) is 0 Å². The van der Waals surface area contributed by atoms with Crippen LogP contribution in [-0.2, 0) is 0 Å². The smallest absolute Gasteiger partial charge is 0.291 e. The summed E-state index contributed by atoms with van der Waals surface area (Å²) in [6.07, 6.45) is 0. The molecule has 0 aliphatic carbocycles. The fraction of sp³-hybridized carbons (Fsp3) is 0. The van der Waals surface area contributed by atoms with E-state index >= 15 is 0 Å². The number of halogens is 3. The summed E-state index contributed by atoms with van der Waals surface area (Å²) in [5, 5.41) is 3.77. The fourth-order valence-corrected chi connectivity index (χ4v) is 2.79. The number of carbonyl (C=O) groups is 1. The van der Waals surface area contributed by atoms with E-state index in [9.17, 15) is 4.79 Å². The van der Waals surface area contributed by atoms with Crippen molar-refractivity contribution in [2.75, 3.05) is 5.32 Å². The minimum atomic E-state index is -0.330. The Balaban J connectivity index is 1.81. The number of hydrogen-bond acceptors (Lipinski definition) is 2. The summed E-state index contributed by atoms with van der Waals surface area (Å²) < 4.78 is 6.54. The normalized spacial score (nSPS) is 10.6. The molecule has 6 heteroatoms. The standard InChI is InChI=1S/C17H10BrCl2NO2/c18-10-1-4-12(5-2-10)21-17(22)16-8-7-15(23-16)13-6-3-11(19)9-14(13)20/h1-9H,(H,21,22). The van der Waals surface area contributed by atoms with Crippen LogP contribution in [0.1, 0.15) is 10.6 Å². The van der Waals surface area contributed by atoms with Crippen LogP contribution in [0.15, 0.2) is 63.5 Å². The van der Waals surface area contributed by atoms with Gasteiger partial charge in [-0.3, -0.25) is 4.79 Å². The van der Waals surface area contributed by atoms with Gasteiger partial charge in [0.05, 0.1) is 5.02 Å². The van der Waals surface area contributed by atoms with Crippen LogP contribution in [0.3, 0.4) is 0 Å². The minimum Gasteiger partial charge on any atom is -0.451 e. The molecule has 1 heterocycles. The molecule has 1 amide bonds. The van der Waals surface area contributed by atoms with Gasteiger partial charge >= 0.3 is 0 Å². The third kappa shape index (κ3) is 3.78. The lowest BCUT2D eigenvalue weighted by Gasteiger charge is -2.04. The summed E-state index contributed by atoms with van der Waals surface area (Å²) >= 11 is 15.4. The van der Waals surface area contributed by atoms with Gasteiger partial charge in [0.15, 0.2) is 5.76 Å². The summed E-state index contributed by atoms with van der Waals surface area (Å²) in [4.78, 5) is 12.2. The van der Waals surface area contributed by atoms with Gasteiger partial charge in [0, 0.05) is 20.7 Å². The molecule has 0 unspecified atom stereocenters. The highest BCUT2D eigenvalue weighted by Gasteiger charge is 2.14. The molecule has 0 saturated heterocycles. The van der Waals surface area contributed by atoms with Gasteiger partial charge in [-0.2, -0.15) is 0 Å². The first-order valence-corrected chi connectivity index (χ1v) is 8.20. The number of furan rings is 1. The van der Waals surface area contributed by atoms with Crippen molar-refractivity contribution < 1.29 is 9.21 Å². The molecule has 0 atom stereocenters. The Hall–Kier alpha value is -1.75. The van der Waals surface area contributed by atoms with E-state index in [2.05, 4.69) is 21.2 Å². The quantitative estimate of drug-likeness (QED) is 0.552. The lowest BCUT2D eigenvalue weighted by molar-refractivity contribution is 0.0997. The molecule has 3 aromatic rings. The van der Waals surface area contributed by atoms with Crippen molar-refractivity contribution >= 4 is 50.7 Å². The predicted molar refractivity (Wildman–Crippen MR) is 96.3 cm³/mol. The van der Waals surface area contributed by atoms with Crippen molar-refractivity contribution in [3.05, 3.63) is 74.9 Å². The highest BCUT2D eigenvalue weighted by Crippen LogP contribution is 2.31. The third-order valence-corrected chi connectivity index (χ3v) is 4.20. The van der Waals surface area contributed by atoms with E-state index in [4.69, 9.17) is 27.6 Å². The predicted octanol–water partition coefficient (Wildman–Crippen LogP) is 6.27. The minimum absolute atomic E-state index is 0.203. The molecular formula is C17H10BrCl2NO2. The van der Waals surface area contributed by atoms with E-state index < -0.39 is 0 Å². The number of carbonyl (C=O) groups excluding carboxylic acids is 1. The largest absolute Gasteiger partial charge is 0.451 e. The Morgan fingerprint density at radius 2 is 1.74 bits per heavy atom. The summed E-state index contributed by atoms with van der Waals surface area (Å²) in [6, 6.07) is 15.7. The Morgan fingerprint density at radius 3 is 2.43 bits per heavy atom. The van der Waals surface area contributed by atoms with E-state index in [-0.39, 0.29) is 11.7 Å². The zero-order valence-corrected chi connectivity index (χ0v) is 14.7. The molecule has 3 rings (SSSR count). The Kier molecular flexibility index (Phi) is 4.76. The number of nitrogens with one attached hydrogen (secondary N) is 1. The van der Waals surface area contributed by atoms with E-state index in [1.165, 1.54) is 0 Å². The zero-order valence-electron chi connectivity index (χ0n) is 11.6. The molecular weight excluding hydrogens is 401 g/mol. The van der Waals surface area contributed by atoms with E-state index in [1.807, 2.05) is 12.1 Å². The van der Waals surface area contributed by atoms with Crippen LogP contribution in [-0.4, -0.2) is 5.91 Å². The summed E-state index contributed by atoms with van der Waals surface area (Å²) in [5.74, 6) is 0.380. The van der Waals surface area contributed by atoms with Gasteiger partial charge in [0.25, 0.3) is 5.91 Å². The lowest BCUT2D eigenvalue weighted by atomic mass is 10.2. The second-order valence-corrected chi connectivity index (χ2v) is 6.51. The van der Waals surface area contributed by atoms with Crippen LogP contribution in [0.4, 0.5) is 5.69 Å². The molecule has 116 valence electrons. The Bertz CT molecular complexity index is 859. The average molecular weight is 411 g/mol. The van der Waals surface area contributed by atoms with Crippen molar-refractivity contribution in [1.29, 1.82) is 0 Å². The molecule has 0 saturated carbocycles. The monoisotopic (exact) mass is 409 g/mol.